The molecule has 0 aromatic carbocycles. The summed E-state index contributed by atoms with van der Waals surface area (Å²) in [6.07, 6.45) is 2.27. The number of ether oxygens (including phenoxy) is 3. The Morgan fingerprint density at radius 3 is 2.72 bits per heavy atom. The van der Waals surface area contributed by atoms with Gasteiger partial charge in [0.05, 0.1) is 13.2 Å². The zero-order valence-corrected chi connectivity index (χ0v) is 14.9. The summed E-state index contributed by atoms with van der Waals surface area (Å²) in [4.78, 5) is 23.3. The predicted octanol–water partition coefficient (Wildman–Crippen LogP) is 1.21. The van der Waals surface area contributed by atoms with Gasteiger partial charge < -0.3 is 24.4 Å². The second-order valence-corrected chi connectivity index (χ2v) is 6.36. The number of anilines is 1. The zero-order valence-electron chi connectivity index (χ0n) is 14.9. The van der Waals surface area contributed by atoms with Crippen molar-refractivity contribution >= 4 is 11.7 Å². The van der Waals surface area contributed by atoms with Gasteiger partial charge in [0.15, 0.2) is 5.79 Å². The molecule has 2 aliphatic rings. The van der Waals surface area contributed by atoms with Gasteiger partial charge in [-0.3, -0.25) is 4.79 Å². The Morgan fingerprint density at radius 1 is 1.32 bits per heavy atom. The van der Waals surface area contributed by atoms with Gasteiger partial charge in [-0.05, 0) is 13.3 Å². The van der Waals surface area contributed by atoms with E-state index >= 15 is 0 Å². The highest BCUT2D eigenvalue weighted by Crippen LogP contribution is 2.31. The van der Waals surface area contributed by atoms with Crippen LogP contribution in [-0.2, 0) is 14.2 Å². The fourth-order valence-corrected chi connectivity index (χ4v) is 3.20. The average molecular weight is 350 g/mol. The van der Waals surface area contributed by atoms with Gasteiger partial charge in [-0.1, -0.05) is 0 Å². The van der Waals surface area contributed by atoms with Crippen LogP contribution >= 0.6 is 0 Å². The smallest absolute Gasteiger partial charge is 0.272 e. The van der Waals surface area contributed by atoms with Gasteiger partial charge in [-0.2, -0.15) is 0 Å². The molecule has 8 heteroatoms. The third-order valence-electron chi connectivity index (χ3n) is 4.51. The molecule has 0 bridgehead atoms. The Kier molecular flexibility index (Phi) is 5.82. The number of hydrogen-bond donors (Lipinski definition) is 1. The molecule has 0 saturated carbocycles. The maximum Gasteiger partial charge on any atom is 0.272 e. The Hall–Kier alpha value is -1.77. The Balaban J connectivity index is 1.60. The van der Waals surface area contributed by atoms with Crippen molar-refractivity contribution in [3.8, 4) is 0 Å². The first-order chi connectivity index (χ1) is 12.1. The Bertz CT molecular complexity index is 594. The van der Waals surface area contributed by atoms with E-state index < -0.39 is 5.79 Å². The van der Waals surface area contributed by atoms with Crippen LogP contribution in [0, 0.1) is 6.92 Å². The minimum absolute atomic E-state index is 0.0710. The van der Waals surface area contributed by atoms with Crippen LogP contribution in [0.3, 0.4) is 0 Å². The molecule has 1 spiro atoms. The van der Waals surface area contributed by atoms with E-state index in [4.69, 9.17) is 14.2 Å². The van der Waals surface area contributed by atoms with Crippen LogP contribution < -0.4 is 5.32 Å². The normalized spacial score (nSPS) is 19.4. The predicted molar refractivity (Wildman–Crippen MR) is 91.5 cm³/mol. The van der Waals surface area contributed by atoms with Gasteiger partial charge in [0.2, 0.25) is 0 Å². The molecule has 0 unspecified atom stereocenters. The summed E-state index contributed by atoms with van der Waals surface area (Å²) in [6, 6.07) is 1.72. The third kappa shape index (κ3) is 4.45. The van der Waals surface area contributed by atoms with Crippen molar-refractivity contribution in [1.82, 2.24) is 14.9 Å². The van der Waals surface area contributed by atoms with E-state index in [0.717, 1.165) is 13.0 Å². The van der Waals surface area contributed by atoms with E-state index in [0.29, 0.717) is 63.1 Å². The Labute approximate surface area is 147 Å². The lowest BCUT2D eigenvalue weighted by Gasteiger charge is -2.37. The van der Waals surface area contributed by atoms with Crippen LogP contribution in [0.15, 0.2) is 6.07 Å². The lowest BCUT2D eigenvalue weighted by atomic mass is 10.0. The van der Waals surface area contributed by atoms with E-state index in [-0.39, 0.29) is 5.91 Å². The zero-order chi connectivity index (χ0) is 17.7. The van der Waals surface area contributed by atoms with Crippen LogP contribution in [0.5, 0.6) is 0 Å². The largest absolute Gasteiger partial charge is 0.385 e. The summed E-state index contributed by atoms with van der Waals surface area (Å²) in [5, 5.41) is 3.22. The van der Waals surface area contributed by atoms with Crippen molar-refractivity contribution < 1.29 is 19.0 Å². The number of rotatable bonds is 6. The molecule has 3 rings (SSSR count). The van der Waals surface area contributed by atoms with Gasteiger partial charge in [-0.25, -0.2) is 9.97 Å². The highest BCUT2D eigenvalue weighted by Gasteiger charge is 2.41. The second kappa shape index (κ2) is 8.07. The van der Waals surface area contributed by atoms with Gasteiger partial charge in [0.25, 0.3) is 5.91 Å². The summed E-state index contributed by atoms with van der Waals surface area (Å²) in [5.74, 6) is 0.698. The van der Waals surface area contributed by atoms with Crippen molar-refractivity contribution in [3.63, 3.8) is 0 Å². The number of aromatic nitrogens is 2. The topological polar surface area (TPSA) is 85.8 Å². The number of hydrogen-bond acceptors (Lipinski definition) is 7. The standard InChI is InChI=1S/C17H26N4O4/c1-13-19-14(12-15(20-13)18-6-3-9-23-2)16(22)21-7-4-17(5-8-21)24-10-11-25-17/h12H,3-11H2,1-2H3,(H,18,19,20). The monoisotopic (exact) mass is 350 g/mol. The summed E-state index contributed by atoms with van der Waals surface area (Å²) in [6.45, 7) is 5.70. The van der Waals surface area contributed by atoms with E-state index in [9.17, 15) is 4.79 Å². The van der Waals surface area contributed by atoms with Gasteiger partial charge in [-0.15, -0.1) is 0 Å². The number of nitrogens with zero attached hydrogens (tertiary/aromatic N) is 3. The third-order valence-corrected chi connectivity index (χ3v) is 4.51. The summed E-state index contributed by atoms with van der Waals surface area (Å²) >= 11 is 0. The Morgan fingerprint density at radius 2 is 2.04 bits per heavy atom. The lowest BCUT2D eigenvalue weighted by Crippen LogP contribution is -2.47. The van der Waals surface area contributed by atoms with Crippen LogP contribution in [-0.4, -0.2) is 73.1 Å². The van der Waals surface area contributed by atoms with Crippen LogP contribution in [0.2, 0.25) is 0 Å². The molecule has 2 saturated heterocycles. The van der Waals surface area contributed by atoms with Crippen molar-refractivity contribution in [2.24, 2.45) is 0 Å². The molecule has 1 N–H and O–H groups in total. The van der Waals surface area contributed by atoms with Crippen LogP contribution in [0.4, 0.5) is 5.82 Å². The van der Waals surface area contributed by atoms with Crippen molar-refractivity contribution in [3.05, 3.63) is 17.6 Å². The molecule has 0 radical (unpaired) electrons. The molecular formula is C17H26N4O4. The molecule has 1 aromatic heterocycles. The number of carbonyl (C=O) groups excluding carboxylic acids is 1. The number of piperidine rings is 1. The molecule has 1 aromatic rings. The lowest BCUT2D eigenvalue weighted by molar-refractivity contribution is -0.181. The SMILES string of the molecule is COCCCNc1cc(C(=O)N2CCC3(CC2)OCCO3)nc(C)n1. The molecule has 2 fully saturated rings. The van der Waals surface area contributed by atoms with E-state index in [2.05, 4.69) is 15.3 Å². The molecule has 0 aliphatic carbocycles. The fraction of sp³-hybridized carbons (Fsp3) is 0.706. The highest BCUT2D eigenvalue weighted by atomic mass is 16.7. The average Bonchev–Trinajstić information content (AvgIpc) is 3.06. The maximum absolute atomic E-state index is 12.8. The molecular weight excluding hydrogens is 324 g/mol. The minimum Gasteiger partial charge on any atom is -0.385 e. The van der Waals surface area contributed by atoms with Crippen molar-refractivity contribution in [2.75, 3.05) is 51.9 Å². The number of nitrogens with one attached hydrogen (secondary N) is 1. The second-order valence-electron chi connectivity index (χ2n) is 6.36. The molecule has 8 nitrogen and oxygen atoms in total. The number of aryl methyl sites for hydroxylation is 1. The summed E-state index contributed by atoms with van der Waals surface area (Å²) in [5.41, 5.74) is 0.422. The van der Waals surface area contributed by atoms with Gasteiger partial charge >= 0.3 is 0 Å². The summed E-state index contributed by atoms with van der Waals surface area (Å²) < 4.78 is 16.5. The molecule has 25 heavy (non-hydrogen) atoms. The number of amides is 1. The van der Waals surface area contributed by atoms with E-state index in [1.807, 2.05) is 4.90 Å². The van der Waals surface area contributed by atoms with Crippen LogP contribution in [0.25, 0.3) is 0 Å². The molecule has 3 heterocycles. The first-order valence-electron chi connectivity index (χ1n) is 8.78. The highest BCUT2D eigenvalue weighted by molar-refractivity contribution is 5.93. The molecule has 1 amide bonds. The van der Waals surface area contributed by atoms with Crippen molar-refractivity contribution in [1.29, 1.82) is 0 Å². The van der Waals surface area contributed by atoms with E-state index in [1.54, 1.807) is 20.1 Å². The minimum atomic E-state index is -0.480. The molecule has 138 valence electrons. The van der Waals surface area contributed by atoms with E-state index in [1.165, 1.54) is 0 Å². The number of methoxy groups -OCH3 is 1. The first kappa shape index (κ1) is 18.0. The number of carbonyl (C=O) groups is 1. The molecule has 0 atom stereocenters. The molecule has 2 aliphatic heterocycles. The maximum atomic E-state index is 12.8. The quantitative estimate of drug-likeness (QED) is 0.772. The summed E-state index contributed by atoms with van der Waals surface area (Å²) in [7, 11) is 1.68. The van der Waals surface area contributed by atoms with Crippen LogP contribution in [0.1, 0.15) is 35.6 Å². The van der Waals surface area contributed by atoms with Gasteiger partial charge in [0, 0.05) is 52.3 Å². The number of likely N-dealkylation sites (tertiary alicyclic amines) is 1. The van der Waals surface area contributed by atoms with Gasteiger partial charge in [0.1, 0.15) is 17.3 Å². The fourth-order valence-electron chi connectivity index (χ4n) is 3.20. The first-order valence-corrected chi connectivity index (χ1v) is 8.78. The van der Waals surface area contributed by atoms with Crippen molar-refractivity contribution in [2.45, 2.75) is 32.0 Å².